The van der Waals surface area contributed by atoms with Crippen LogP contribution in [0, 0.1) is 0 Å². The predicted octanol–water partition coefficient (Wildman–Crippen LogP) is 0.0614. The van der Waals surface area contributed by atoms with E-state index in [9.17, 15) is 31.9 Å². The number of hydrogen-bond acceptors (Lipinski definition) is 5. The summed E-state index contributed by atoms with van der Waals surface area (Å²) in [5.74, 6) is -9.68. The molecule has 0 rings (SSSR count). The molecule has 19 heavy (non-hydrogen) atoms. The number of carbonyl (C=O) groups excluding carboxylic acids is 3. The van der Waals surface area contributed by atoms with E-state index < -0.39 is 43.3 Å². The van der Waals surface area contributed by atoms with Gasteiger partial charge in [-0.2, -0.15) is 8.78 Å². The number of rotatable bonds is 6. The third kappa shape index (κ3) is 4.72. The molecule has 0 aromatic carbocycles. The fourth-order valence-electron chi connectivity index (χ4n) is 0.944. The number of carbonyl (C=O) groups is 3. The average molecular weight is 289 g/mol. The molecule has 10 heteroatoms. The Hall–Kier alpha value is -1.87. The molecular weight excluding hydrogens is 278 g/mol. The number of halogens is 4. The Morgan fingerprint density at radius 3 is 1.68 bits per heavy atom. The zero-order chi connectivity index (χ0) is 15.2. The molecule has 0 aliphatic rings. The highest BCUT2D eigenvalue weighted by molar-refractivity contribution is 5.90. The lowest BCUT2D eigenvalue weighted by Gasteiger charge is -2.24. The summed E-state index contributed by atoms with van der Waals surface area (Å²) in [5.41, 5.74) is 0. The van der Waals surface area contributed by atoms with Gasteiger partial charge in [0.2, 0.25) is 0 Å². The molecule has 0 saturated heterocycles. The largest absolute Gasteiger partial charge is 0.468 e. The van der Waals surface area contributed by atoms with Gasteiger partial charge in [-0.05, 0) is 0 Å². The van der Waals surface area contributed by atoms with E-state index in [-0.39, 0.29) is 4.90 Å². The molecule has 0 aliphatic carbocycles. The first kappa shape index (κ1) is 17.1. The predicted molar refractivity (Wildman–Crippen MR) is 51.6 cm³/mol. The Bertz CT molecular complexity index is 343. The molecule has 0 radical (unpaired) electrons. The van der Waals surface area contributed by atoms with Crippen molar-refractivity contribution in [2.75, 3.05) is 27.3 Å². The van der Waals surface area contributed by atoms with Crippen LogP contribution < -0.4 is 0 Å². The van der Waals surface area contributed by atoms with Crippen LogP contribution in [-0.4, -0.2) is 62.4 Å². The van der Waals surface area contributed by atoms with Gasteiger partial charge in [-0.1, -0.05) is 0 Å². The number of ether oxygens (including phenoxy) is 2. The monoisotopic (exact) mass is 289 g/mol. The normalized spacial score (nSPS) is 11.1. The minimum atomic E-state index is -5.01. The summed E-state index contributed by atoms with van der Waals surface area (Å²) in [6.45, 7) is -2.15. The number of methoxy groups -OCH3 is 2. The standard InChI is InChI=1S/C9H11F4NO5/c1-18-5(15)3-14(4-6(16)19-2)8(17)9(12,13)7(10)11/h7H,3-4H2,1-2H3. The topological polar surface area (TPSA) is 72.9 Å². The van der Waals surface area contributed by atoms with Crippen molar-refractivity contribution >= 4 is 17.8 Å². The van der Waals surface area contributed by atoms with Crippen molar-refractivity contribution in [3.05, 3.63) is 0 Å². The molecule has 0 saturated carbocycles. The van der Waals surface area contributed by atoms with E-state index in [1.165, 1.54) is 0 Å². The van der Waals surface area contributed by atoms with E-state index in [4.69, 9.17) is 0 Å². The summed E-state index contributed by atoms with van der Waals surface area (Å²) in [5, 5.41) is 0. The number of nitrogens with zero attached hydrogens (tertiary/aromatic N) is 1. The van der Waals surface area contributed by atoms with E-state index in [1.807, 2.05) is 0 Å². The molecule has 0 N–H and O–H groups in total. The fraction of sp³-hybridized carbons (Fsp3) is 0.667. The highest BCUT2D eigenvalue weighted by Gasteiger charge is 2.51. The van der Waals surface area contributed by atoms with E-state index >= 15 is 0 Å². The third-order valence-corrected chi connectivity index (χ3v) is 1.94. The molecule has 110 valence electrons. The average Bonchev–Trinajstić information content (AvgIpc) is 2.36. The van der Waals surface area contributed by atoms with E-state index in [0.717, 1.165) is 14.2 Å². The lowest BCUT2D eigenvalue weighted by Crippen LogP contribution is -2.51. The molecule has 6 nitrogen and oxygen atoms in total. The van der Waals surface area contributed by atoms with Crippen LogP contribution in [0.2, 0.25) is 0 Å². The van der Waals surface area contributed by atoms with Crippen LogP contribution in [0.25, 0.3) is 0 Å². The van der Waals surface area contributed by atoms with Crippen LogP contribution >= 0.6 is 0 Å². The van der Waals surface area contributed by atoms with Gasteiger partial charge in [0.15, 0.2) is 0 Å². The summed E-state index contributed by atoms with van der Waals surface area (Å²) in [6.07, 6.45) is -4.27. The Labute approximate surface area is 105 Å². The summed E-state index contributed by atoms with van der Waals surface area (Å²) >= 11 is 0. The van der Waals surface area contributed by atoms with Gasteiger partial charge in [-0.3, -0.25) is 14.4 Å². The van der Waals surface area contributed by atoms with Crippen molar-refractivity contribution in [3.63, 3.8) is 0 Å². The minimum Gasteiger partial charge on any atom is -0.468 e. The van der Waals surface area contributed by atoms with Gasteiger partial charge >= 0.3 is 24.3 Å². The van der Waals surface area contributed by atoms with Crippen molar-refractivity contribution in [2.45, 2.75) is 12.3 Å². The second-order valence-electron chi connectivity index (χ2n) is 3.24. The van der Waals surface area contributed by atoms with Crippen molar-refractivity contribution in [1.82, 2.24) is 4.90 Å². The molecule has 0 bridgehead atoms. The first-order valence-corrected chi connectivity index (χ1v) is 4.75. The summed E-state index contributed by atoms with van der Waals surface area (Å²) in [6, 6.07) is 0. The van der Waals surface area contributed by atoms with Crippen molar-refractivity contribution in [2.24, 2.45) is 0 Å². The van der Waals surface area contributed by atoms with E-state index in [1.54, 1.807) is 0 Å². The van der Waals surface area contributed by atoms with Crippen LogP contribution in [0.4, 0.5) is 17.6 Å². The zero-order valence-electron chi connectivity index (χ0n) is 9.99. The summed E-state index contributed by atoms with van der Waals surface area (Å²) in [4.78, 5) is 32.9. The van der Waals surface area contributed by atoms with Crippen molar-refractivity contribution < 1.29 is 41.4 Å². The fourth-order valence-corrected chi connectivity index (χ4v) is 0.944. The molecule has 0 fully saturated rings. The van der Waals surface area contributed by atoms with Gasteiger partial charge < -0.3 is 14.4 Å². The van der Waals surface area contributed by atoms with Gasteiger partial charge in [0.05, 0.1) is 14.2 Å². The smallest absolute Gasteiger partial charge is 0.383 e. The highest BCUT2D eigenvalue weighted by Crippen LogP contribution is 2.25. The van der Waals surface area contributed by atoms with Crippen LogP contribution in [0.1, 0.15) is 0 Å². The van der Waals surface area contributed by atoms with Gasteiger partial charge in [-0.25, -0.2) is 8.78 Å². The van der Waals surface area contributed by atoms with E-state index in [2.05, 4.69) is 9.47 Å². The number of amides is 1. The molecule has 0 atom stereocenters. The SMILES string of the molecule is COC(=O)CN(CC(=O)OC)C(=O)C(F)(F)C(F)F. The zero-order valence-corrected chi connectivity index (χ0v) is 9.99. The Kier molecular flexibility index (Phi) is 6.22. The quantitative estimate of drug-likeness (QED) is 0.511. The minimum absolute atomic E-state index is 0.0656. The second-order valence-corrected chi connectivity index (χ2v) is 3.24. The van der Waals surface area contributed by atoms with Gasteiger partial charge in [0.1, 0.15) is 13.1 Å². The number of hydrogen-bond donors (Lipinski definition) is 0. The molecule has 0 unspecified atom stereocenters. The summed E-state index contributed by atoms with van der Waals surface area (Å²) < 4.78 is 58.0. The van der Waals surface area contributed by atoms with Crippen molar-refractivity contribution in [3.8, 4) is 0 Å². The third-order valence-electron chi connectivity index (χ3n) is 1.94. The molecular formula is C9H11F4NO5. The lowest BCUT2D eigenvalue weighted by molar-refractivity contribution is -0.184. The van der Waals surface area contributed by atoms with Crippen LogP contribution in [0.15, 0.2) is 0 Å². The molecule has 0 heterocycles. The molecule has 0 spiro atoms. The van der Waals surface area contributed by atoms with Crippen LogP contribution in [0.3, 0.4) is 0 Å². The van der Waals surface area contributed by atoms with Gasteiger partial charge in [0, 0.05) is 0 Å². The first-order valence-electron chi connectivity index (χ1n) is 4.75. The Morgan fingerprint density at radius 1 is 1.05 bits per heavy atom. The maximum Gasteiger partial charge on any atom is 0.383 e. The van der Waals surface area contributed by atoms with Crippen molar-refractivity contribution in [1.29, 1.82) is 0 Å². The first-order chi connectivity index (χ1) is 8.66. The van der Waals surface area contributed by atoms with Crippen LogP contribution in [0.5, 0.6) is 0 Å². The molecule has 1 amide bonds. The maximum absolute atomic E-state index is 12.9. The summed E-state index contributed by atoms with van der Waals surface area (Å²) in [7, 11) is 1.79. The lowest BCUT2D eigenvalue weighted by atomic mass is 10.3. The number of alkyl halides is 4. The Morgan fingerprint density at radius 2 is 1.42 bits per heavy atom. The number of esters is 2. The van der Waals surface area contributed by atoms with Gasteiger partial charge in [0.25, 0.3) is 5.91 Å². The molecule has 0 aromatic heterocycles. The Balaban J connectivity index is 5.06. The second kappa shape index (κ2) is 6.90. The van der Waals surface area contributed by atoms with Gasteiger partial charge in [-0.15, -0.1) is 0 Å². The maximum atomic E-state index is 12.9. The molecule has 0 aliphatic heterocycles. The molecule has 0 aromatic rings. The van der Waals surface area contributed by atoms with Crippen LogP contribution in [-0.2, 0) is 23.9 Å². The highest BCUT2D eigenvalue weighted by atomic mass is 19.3. The van der Waals surface area contributed by atoms with E-state index in [0.29, 0.717) is 0 Å².